The lowest BCUT2D eigenvalue weighted by Gasteiger charge is -2.07. The fourth-order valence-electron chi connectivity index (χ4n) is 2.09. The molecule has 0 radical (unpaired) electrons. The zero-order chi connectivity index (χ0) is 13.1. The van der Waals surface area contributed by atoms with E-state index in [9.17, 15) is 4.79 Å². The summed E-state index contributed by atoms with van der Waals surface area (Å²) in [4.78, 5) is 16.1. The maximum atomic E-state index is 11.7. The van der Waals surface area contributed by atoms with E-state index in [-0.39, 0.29) is 11.9 Å². The van der Waals surface area contributed by atoms with E-state index in [4.69, 9.17) is 4.74 Å². The van der Waals surface area contributed by atoms with Crippen LogP contribution in [0.1, 0.15) is 30.9 Å². The summed E-state index contributed by atoms with van der Waals surface area (Å²) in [6, 6.07) is 5.56. The molecule has 0 aliphatic carbocycles. The first-order valence-electron chi connectivity index (χ1n) is 6.19. The van der Waals surface area contributed by atoms with Crippen molar-refractivity contribution >= 4 is 11.7 Å². The number of rotatable bonds is 4. The molecule has 1 aliphatic rings. The SMILES string of the molecule is CCCC1N=C(c2ccc(OC)c(C)c2)NC1=O. The average Bonchev–Trinajstić information content (AvgIpc) is 2.71. The summed E-state index contributed by atoms with van der Waals surface area (Å²) in [5.74, 6) is 1.51. The predicted octanol–water partition coefficient (Wildman–Crippen LogP) is 2.05. The van der Waals surface area contributed by atoms with Crippen LogP contribution in [0.5, 0.6) is 5.75 Å². The van der Waals surface area contributed by atoms with E-state index in [2.05, 4.69) is 17.2 Å². The Morgan fingerprint density at radius 3 is 2.83 bits per heavy atom. The second kappa shape index (κ2) is 5.21. The number of aliphatic imine (C=N–C) groups is 1. The van der Waals surface area contributed by atoms with Crippen molar-refractivity contribution in [1.29, 1.82) is 0 Å². The third-order valence-corrected chi connectivity index (χ3v) is 3.06. The Hall–Kier alpha value is -1.84. The molecule has 0 spiro atoms. The van der Waals surface area contributed by atoms with Crippen molar-refractivity contribution in [2.45, 2.75) is 32.7 Å². The van der Waals surface area contributed by atoms with Crippen LogP contribution in [0.2, 0.25) is 0 Å². The number of methoxy groups -OCH3 is 1. The Morgan fingerprint density at radius 1 is 1.44 bits per heavy atom. The van der Waals surface area contributed by atoms with Gasteiger partial charge in [0.15, 0.2) is 0 Å². The normalized spacial score (nSPS) is 18.5. The standard InChI is InChI=1S/C14H18N2O2/c1-4-5-11-14(17)16-13(15-11)10-6-7-12(18-3)9(2)8-10/h6-8,11H,4-5H2,1-3H3,(H,15,16,17). The van der Waals surface area contributed by atoms with Gasteiger partial charge in [0.25, 0.3) is 0 Å². The minimum atomic E-state index is -0.229. The minimum Gasteiger partial charge on any atom is -0.496 e. The summed E-state index contributed by atoms with van der Waals surface area (Å²) in [7, 11) is 1.65. The van der Waals surface area contributed by atoms with Gasteiger partial charge in [0.1, 0.15) is 17.6 Å². The number of hydrogen-bond acceptors (Lipinski definition) is 3. The van der Waals surface area contributed by atoms with Gasteiger partial charge in [0.05, 0.1) is 7.11 Å². The molecule has 0 aromatic heterocycles. The molecule has 1 heterocycles. The Bertz CT molecular complexity index is 495. The summed E-state index contributed by atoms with van der Waals surface area (Å²) in [6.07, 6.45) is 1.75. The molecule has 18 heavy (non-hydrogen) atoms. The number of carbonyl (C=O) groups excluding carboxylic acids is 1. The minimum absolute atomic E-state index is 0.000297. The first-order chi connectivity index (χ1) is 8.65. The molecule has 0 bridgehead atoms. The van der Waals surface area contributed by atoms with E-state index in [1.165, 1.54) is 0 Å². The third kappa shape index (κ3) is 2.37. The smallest absolute Gasteiger partial charge is 0.250 e. The zero-order valence-corrected chi connectivity index (χ0v) is 11.0. The lowest BCUT2D eigenvalue weighted by atomic mass is 10.1. The van der Waals surface area contributed by atoms with Gasteiger partial charge in [-0.1, -0.05) is 13.3 Å². The van der Waals surface area contributed by atoms with Crippen molar-refractivity contribution in [3.8, 4) is 5.75 Å². The molecule has 1 aliphatic heterocycles. The van der Waals surface area contributed by atoms with E-state index < -0.39 is 0 Å². The Kier molecular flexibility index (Phi) is 3.65. The highest BCUT2D eigenvalue weighted by atomic mass is 16.5. The highest BCUT2D eigenvalue weighted by Gasteiger charge is 2.26. The molecule has 1 aromatic rings. The fraction of sp³-hybridized carbons (Fsp3) is 0.429. The Balaban J connectivity index is 2.25. The van der Waals surface area contributed by atoms with Crippen molar-refractivity contribution in [3.05, 3.63) is 29.3 Å². The molecular weight excluding hydrogens is 228 g/mol. The van der Waals surface area contributed by atoms with Crippen LogP contribution < -0.4 is 10.1 Å². The monoisotopic (exact) mass is 246 g/mol. The average molecular weight is 246 g/mol. The van der Waals surface area contributed by atoms with Gasteiger partial charge in [-0.25, -0.2) is 0 Å². The fourth-order valence-corrected chi connectivity index (χ4v) is 2.09. The molecule has 1 unspecified atom stereocenters. The molecule has 0 saturated heterocycles. The summed E-state index contributed by atoms with van der Waals surface area (Å²) in [5.41, 5.74) is 1.96. The lowest BCUT2D eigenvalue weighted by Crippen LogP contribution is -2.29. The number of amides is 1. The lowest BCUT2D eigenvalue weighted by molar-refractivity contribution is -0.120. The summed E-state index contributed by atoms with van der Waals surface area (Å²) < 4.78 is 5.22. The molecule has 1 N–H and O–H groups in total. The number of aryl methyl sites for hydroxylation is 1. The van der Waals surface area contributed by atoms with Crippen LogP contribution in [0.4, 0.5) is 0 Å². The second-order valence-electron chi connectivity index (χ2n) is 4.46. The molecule has 1 atom stereocenters. The van der Waals surface area contributed by atoms with Crippen LogP contribution in [-0.4, -0.2) is 24.9 Å². The Labute approximate surface area is 107 Å². The number of nitrogens with one attached hydrogen (secondary N) is 1. The third-order valence-electron chi connectivity index (χ3n) is 3.06. The van der Waals surface area contributed by atoms with Crippen LogP contribution in [0.25, 0.3) is 0 Å². The van der Waals surface area contributed by atoms with E-state index >= 15 is 0 Å². The van der Waals surface area contributed by atoms with Crippen LogP contribution in [0.3, 0.4) is 0 Å². The van der Waals surface area contributed by atoms with Gasteiger partial charge in [-0.15, -0.1) is 0 Å². The van der Waals surface area contributed by atoms with Gasteiger partial charge in [0.2, 0.25) is 5.91 Å². The van der Waals surface area contributed by atoms with Gasteiger partial charge in [-0.05, 0) is 37.1 Å². The van der Waals surface area contributed by atoms with Gasteiger partial charge in [-0.3, -0.25) is 9.79 Å². The van der Waals surface area contributed by atoms with Crippen LogP contribution >= 0.6 is 0 Å². The number of hydrogen-bond donors (Lipinski definition) is 1. The van der Waals surface area contributed by atoms with Crippen LogP contribution in [-0.2, 0) is 4.79 Å². The van der Waals surface area contributed by atoms with Crippen molar-refractivity contribution in [3.63, 3.8) is 0 Å². The number of amidine groups is 1. The highest BCUT2D eigenvalue weighted by Crippen LogP contribution is 2.20. The van der Waals surface area contributed by atoms with Crippen molar-refractivity contribution in [2.75, 3.05) is 7.11 Å². The molecule has 1 amide bonds. The van der Waals surface area contributed by atoms with Crippen LogP contribution in [0.15, 0.2) is 23.2 Å². The largest absolute Gasteiger partial charge is 0.496 e. The summed E-state index contributed by atoms with van der Waals surface area (Å²) in [5, 5.41) is 2.84. The first kappa shape index (κ1) is 12.6. The number of ether oxygens (including phenoxy) is 1. The quantitative estimate of drug-likeness (QED) is 0.884. The van der Waals surface area contributed by atoms with E-state index in [0.717, 1.165) is 29.7 Å². The van der Waals surface area contributed by atoms with Gasteiger partial charge < -0.3 is 10.1 Å². The molecule has 0 fully saturated rings. The summed E-state index contributed by atoms with van der Waals surface area (Å²) >= 11 is 0. The topological polar surface area (TPSA) is 50.7 Å². The zero-order valence-electron chi connectivity index (χ0n) is 11.0. The predicted molar refractivity (Wildman–Crippen MR) is 71.1 cm³/mol. The molecule has 4 heteroatoms. The molecule has 2 rings (SSSR count). The first-order valence-corrected chi connectivity index (χ1v) is 6.19. The molecular formula is C14H18N2O2. The second-order valence-corrected chi connectivity index (χ2v) is 4.46. The summed E-state index contributed by atoms with van der Waals surface area (Å²) in [6.45, 7) is 4.03. The van der Waals surface area contributed by atoms with E-state index in [0.29, 0.717) is 5.84 Å². The Morgan fingerprint density at radius 2 is 2.22 bits per heavy atom. The van der Waals surface area contributed by atoms with Crippen LogP contribution in [0, 0.1) is 6.92 Å². The molecule has 4 nitrogen and oxygen atoms in total. The molecule has 0 saturated carbocycles. The highest BCUT2D eigenvalue weighted by molar-refractivity contribution is 6.13. The molecule has 1 aromatic carbocycles. The number of carbonyl (C=O) groups is 1. The maximum absolute atomic E-state index is 11.7. The van der Waals surface area contributed by atoms with Gasteiger partial charge in [0, 0.05) is 5.56 Å². The van der Waals surface area contributed by atoms with Crippen molar-refractivity contribution < 1.29 is 9.53 Å². The van der Waals surface area contributed by atoms with Gasteiger partial charge in [-0.2, -0.15) is 0 Å². The van der Waals surface area contributed by atoms with Gasteiger partial charge >= 0.3 is 0 Å². The van der Waals surface area contributed by atoms with E-state index in [1.807, 2.05) is 25.1 Å². The van der Waals surface area contributed by atoms with Crippen molar-refractivity contribution in [2.24, 2.45) is 4.99 Å². The van der Waals surface area contributed by atoms with Crippen molar-refractivity contribution in [1.82, 2.24) is 5.32 Å². The molecule has 96 valence electrons. The maximum Gasteiger partial charge on any atom is 0.250 e. The van der Waals surface area contributed by atoms with E-state index in [1.54, 1.807) is 7.11 Å². The number of benzene rings is 1. The number of nitrogens with zero attached hydrogens (tertiary/aromatic N) is 1.